The van der Waals surface area contributed by atoms with E-state index in [1.54, 1.807) is 17.5 Å². The first-order valence-corrected chi connectivity index (χ1v) is 7.50. The molecule has 0 saturated heterocycles. The van der Waals surface area contributed by atoms with Gasteiger partial charge in [-0.25, -0.2) is 9.97 Å². The Labute approximate surface area is 123 Å². The number of rotatable bonds is 5. The Morgan fingerprint density at radius 3 is 2.75 bits per heavy atom. The van der Waals surface area contributed by atoms with Gasteiger partial charge in [-0.15, -0.1) is 11.3 Å². The Bertz CT molecular complexity index is 583. The van der Waals surface area contributed by atoms with Crippen molar-refractivity contribution in [3.05, 3.63) is 33.8 Å². The van der Waals surface area contributed by atoms with Crippen molar-refractivity contribution in [2.45, 2.75) is 40.2 Å². The molecule has 1 N–H and O–H groups in total. The molecule has 0 spiro atoms. The number of hydrogen-bond donors (Lipinski definition) is 1. The third kappa shape index (κ3) is 3.25. The second-order valence-corrected chi connectivity index (χ2v) is 6.14. The van der Waals surface area contributed by atoms with Gasteiger partial charge < -0.3 is 9.88 Å². The van der Waals surface area contributed by atoms with E-state index in [0.29, 0.717) is 6.54 Å². The van der Waals surface area contributed by atoms with Crippen LogP contribution in [0, 0.1) is 20.8 Å². The summed E-state index contributed by atoms with van der Waals surface area (Å²) in [6.45, 7) is 8.46. The Morgan fingerprint density at radius 2 is 2.20 bits per heavy atom. The maximum absolute atomic E-state index is 12.1. The minimum Gasteiger partial charge on any atom is -0.354 e. The lowest BCUT2D eigenvalue weighted by Gasteiger charge is -2.14. The van der Waals surface area contributed by atoms with Crippen LogP contribution in [0.5, 0.6) is 0 Å². The van der Waals surface area contributed by atoms with Crippen molar-refractivity contribution in [2.24, 2.45) is 0 Å². The molecule has 6 heteroatoms. The monoisotopic (exact) mass is 292 g/mol. The third-order valence-corrected chi connectivity index (χ3v) is 4.50. The van der Waals surface area contributed by atoms with Gasteiger partial charge in [0.15, 0.2) is 0 Å². The molecule has 2 aromatic rings. The molecule has 1 amide bonds. The molecule has 0 fully saturated rings. The van der Waals surface area contributed by atoms with Gasteiger partial charge in [0.05, 0.1) is 10.7 Å². The zero-order chi connectivity index (χ0) is 14.7. The highest BCUT2D eigenvalue weighted by Gasteiger charge is 2.15. The molecule has 0 unspecified atom stereocenters. The van der Waals surface area contributed by atoms with E-state index in [-0.39, 0.29) is 11.9 Å². The molecule has 0 saturated carbocycles. The van der Waals surface area contributed by atoms with Crippen molar-refractivity contribution in [1.29, 1.82) is 0 Å². The average molecular weight is 292 g/mol. The number of aryl methyl sites for hydroxylation is 3. The molecule has 0 aliphatic carbocycles. The largest absolute Gasteiger partial charge is 0.354 e. The number of carbonyl (C=O) groups excluding carboxylic acids is 1. The fourth-order valence-electron chi connectivity index (χ4n) is 2.01. The zero-order valence-electron chi connectivity index (χ0n) is 12.3. The maximum Gasteiger partial charge on any atom is 0.242 e. The molecule has 1 atom stereocenters. The molecular weight excluding hydrogens is 272 g/mol. The van der Waals surface area contributed by atoms with Crippen LogP contribution in [0.15, 0.2) is 12.4 Å². The third-order valence-electron chi connectivity index (χ3n) is 3.37. The van der Waals surface area contributed by atoms with E-state index >= 15 is 0 Å². The first-order chi connectivity index (χ1) is 9.49. The summed E-state index contributed by atoms with van der Waals surface area (Å²) in [5.41, 5.74) is 1.08. The lowest BCUT2D eigenvalue weighted by Crippen LogP contribution is -2.32. The standard InChI is InChI=1S/C14H20N4OS/c1-9-11(3)20-13(17-9)5-6-16-14(19)10(2)18-8-7-15-12(18)4/h7-8,10H,5-6H2,1-4H3,(H,16,19)/t10-/m1/s1. The highest BCUT2D eigenvalue weighted by molar-refractivity contribution is 7.11. The predicted molar refractivity (Wildman–Crippen MR) is 80.0 cm³/mol. The number of nitrogens with zero attached hydrogens (tertiary/aromatic N) is 3. The summed E-state index contributed by atoms with van der Waals surface area (Å²) in [4.78, 5) is 21.9. The van der Waals surface area contributed by atoms with Crippen LogP contribution in [0.3, 0.4) is 0 Å². The van der Waals surface area contributed by atoms with Gasteiger partial charge in [0.2, 0.25) is 5.91 Å². The molecule has 2 aromatic heterocycles. The number of thiazole rings is 1. The van der Waals surface area contributed by atoms with Crippen molar-refractivity contribution < 1.29 is 4.79 Å². The van der Waals surface area contributed by atoms with Crippen LogP contribution in [-0.4, -0.2) is 27.0 Å². The van der Waals surface area contributed by atoms with Crippen LogP contribution in [0.1, 0.15) is 34.4 Å². The van der Waals surface area contributed by atoms with Gasteiger partial charge >= 0.3 is 0 Å². The van der Waals surface area contributed by atoms with Crippen LogP contribution in [0.2, 0.25) is 0 Å². The first-order valence-electron chi connectivity index (χ1n) is 6.69. The molecule has 0 aliphatic heterocycles. The molecule has 2 rings (SSSR count). The Morgan fingerprint density at radius 1 is 1.45 bits per heavy atom. The summed E-state index contributed by atoms with van der Waals surface area (Å²) in [5, 5.41) is 4.03. The van der Waals surface area contributed by atoms with Gasteiger partial charge in [-0.2, -0.15) is 0 Å². The maximum atomic E-state index is 12.1. The van der Waals surface area contributed by atoms with E-state index in [0.717, 1.165) is 22.9 Å². The van der Waals surface area contributed by atoms with Crippen molar-refractivity contribution >= 4 is 17.2 Å². The SMILES string of the molecule is Cc1nc(CCNC(=O)[C@@H](C)n2ccnc2C)sc1C. The zero-order valence-corrected chi connectivity index (χ0v) is 13.1. The normalized spacial score (nSPS) is 12.4. The molecule has 0 aliphatic rings. The second-order valence-electron chi connectivity index (χ2n) is 4.85. The van der Waals surface area contributed by atoms with Crippen LogP contribution in [0.4, 0.5) is 0 Å². The molecule has 0 radical (unpaired) electrons. The van der Waals surface area contributed by atoms with Gasteiger partial charge in [0.1, 0.15) is 11.9 Å². The summed E-state index contributed by atoms with van der Waals surface area (Å²) in [7, 11) is 0. The summed E-state index contributed by atoms with van der Waals surface area (Å²) in [6, 6.07) is -0.239. The van der Waals surface area contributed by atoms with Gasteiger partial charge in [-0.3, -0.25) is 4.79 Å². The molecule has 2 heterocycles. The Kier molecular flexibility index (Phi) is 4.54. The topological polar surface area (TPSA) is 59.8 Å². The highest BCUT2D eigenvalue weighted by atomic mass is 32.1. The molecule has 0 bridgehead atoms. The van der Waals surface area contributed by atoms with Crippen LogP contribution in [-0.2, 0) is 11.2 Å². The van der Waals surface area contributed by atoms with E-state index in [2.05, 4.69) is 22.2 Å². The Balaban J connectivity index is 1.85. The summed E-state index contributed by atoms with van der Waals surface area (Å²) >= 11 is 1.70. The van der Waals surface area contributed by atoms with Gasteiger partial charge in [0.25, 0.3) is 0 Å². The van der Waals surface area contributed by atoms with E-state index < -0.39 is 0 Å². The van der Waals surface area contributed by atoms with Crippen molar-refractivity contribution in [2.75, 3.05) is 6.54 Å². The molecule has 5 nitrogen and oxygen atoms in total. The van der Waals surface area contributed by atoms with Crippen LogP contribution < -0.4 is 5.32 Å². The number of aromatic nitrogens is 3. The lowest BCUT2D eigenvalue weighted by molar-refractivity contribution is -0.123. The van der Waals surface area contributed by atoms with Crippen molar-refractivity contribution in [1.82, 2.24) is 19.9 Å². The summed E-state index contributed by atoms with van der Waals surface area (Å²) < 4.78 is 1.87. The molecule has 0 aromatic carbocycles. The Hall–Kier alpha value is -1.69. The molecular formula is C14H20N4OS. The number of nitrogens with one attached hydrogen (secondary N) is 1. The minimum atomic E-state index is -0.239. The lowest BCUT2D eigenvalue weighted by atomic mass is 10.3. The number of carbonyl (C=O) groups is 1. The van der Waals surface area contributed by atoms with Crippen LogP contribution in [0.25, 0.3) is 0 Å². The fourth-order valence-corrected chi connectivity index (χ4v) is 2.94. The smallest absolute Gasteiger partial charge is 0.242 e. The van der Waals surface area contributed by atoms with E-state index in [1.807, 2.05) is 31.5 Å². The molecule has 108 valence electrons. The van der Waals surface area contributed by atoms with Crippen molar-refractivity contribution in [3.8, 4) is 0 Å². The highest BCUT2D eigenvalue weighted by Crippen LogP contribution is 2.16. The van der Waals surface area contributed by atoms with E-state index in [4.69, 9.17) is 0 Å². The minimum absolute atomic E-state index is 0.0103. The van der Waals surface area contributed by atoms with Gasteiger partial charge in [-0.05, 0) is 27.7 Å². The number of imidazole rings is 1. The van der Waals surface area contributed by atoms with Gasteiger partial charge in [-0.1, -0.05) is 0 Å². The number of hydrogen-bond acceptors (Lipinski definition) is 4. The fraction of sp³-hybridized carbons (Fsp3) is 0.500. The number of amides is 1. The summed E-state index contributed by atoms with van der Waals surface area (Å²) in [5.74, 6) is 0.856. The van der Waals surface area contributed by atoms with Crippen LogP contribution >= 0.6 is 11.3 Å². The predicted octanol–water partition coefficient (Wildman–Crippen LogP) is 2.18. The summed E-state index contributed by atoms with van der Waals surface area (Å²) in [6.07, 6.45) is 4.31. The average Bonchev–Trinajstić information content (AvgIpc) is 2.95. The quantitative estimate of drug-likeness (QED) is 0.919. The van der Waals surface area contributed by atoms with E-state index in [1.165, 1.54) is 4.88 Å². The molecule has 20 heavy (non-hydrogen) atoms. The van der Waals surface area contributed by atoms with Gasteiger partial charge in [0, 0.05) is 30.2 Å². The van der Waals surface area contributed by atoms with E-state index in [9.17, 15) is 4.79 Å². The first kappa shape index (κ1) is 14.7. The van der Waals surface area contributed by atoms with Crippen molar-refractivity contribution in [3.63, 3.8) is 0 Å². The second kappa shape index (κ2) is 6.17.